The number of furan rings is 1. The molecule has 0 fully saturated rings. The van der Waals surface area contributed by atoms with E-state index in [2.05, 4.69) is 66.7 Å². The summed E-state index contributed by atoms with van der Waals surface area (Å²) in [6.45, 7) is 0. The van der Waals surface area contributed by atoms with Gasteiger partial charge in [-0.3, -0.25) is 0 Å². The highest BCUT2D eigenvalue weighted by molar-refractivity contribution is 6.10. The van der Waals surface area contributed by atoms with Gasteiger partial charge < -0.3 is 4.42 Å². The number of para-hydroxylation sites is 2. The first-order valence-corrected chi connectivity index (χ1v) is 20.1. The topological polar surface area (TPSA) is 90.5 Å². The van der Waals surface area contributed by atoms with Gasteiger partial charge in [-0.15, -0.1) is 0 Å². The summed E-state index contributed by atoms with van der Waals surface area (Å²) in [5.74, 6) is 3.29. The molecule has 0 bridgehead atoms. The first-order chi connectivity index (χ1) is 30.2. The number of benzene rings is 8. The van der Waals surface area contributed by atoms with Crippen molar-refractivity contribution in [3.63, 3.8) is 0 Å². The second kappa shape index (κ2) is 15.4. The molecule has 0 aliphatic heterocycles. The molecule has 0 amide bonds. The van der Waals surface area contributed by atoms with Gasteiger partial charge in [0.15, 0.2) is 34.9 Å². The lowest BCUT2D eigenvalue weighted by molar-refractivity contribution is 0.670. The van der Waals surface area contributed by atoms with Gasteiger partial charge in [-0.05, 0) is 34.9 Å². The molecule has 0 atom stereocenters. The highest BCUT2D eigenvalue weighted by atomic mass is 16.3. The van der Waals surface area contributed by atoms with E-state index in [1.54, 1.807) is 0 Å². The van der Waals surface area contributed by atoms with E-state index < -0.39 is 0 Å². The van der Waals surface area contributed by atoms with Crippen molar-refractivity contribution in [2.45, 2.75) is 0 Å². The van der Waals surface area contributed by atoms with Crippen LogP contribution in [0.15, 0.2) is 211 Å². The highest BCUT2D eigenvalue weighted by Gasteiger charge is 2.22. The molecule has 61 heavy (non-hydrogen) atoms. The Kier molecular flexibility index (Phi) is 9.02. The van der Waals surface area contributed by atoms with Crippen molar-refractivity contribution in [1.29, 1.82) is 0 Å². The third-order valence-electron chi connectivity index (χ3n) is 10.8. The Morgan fingerprint density at radius 3 is 1.26 bits per heavy atom. The third kappa shape index (κ3) is 6.90. The monoisotopic (exact) mass is 782 g/mol. The van der Waals surface area contributed by atoms with Crippen molar-refractivity contribution in [1.82, 2.24) is 29.9 Å². The Hall–Kier alpha value is -8.42. The van der Waals surface area contributed by atoms with Crippen molar-refractivity contribution < 1.29 is 4.42 Å². The molecule has 8 aromatic carbocycles. The summed E-state index contributed by atoms with van der Waals surface area (Å²) in [4.78, 5) is 30.8. The molecular formula is C54H34N6O. The average Bonchev–Trinajstić information content (AvgIpc) is 3.74. The quantitative estimate of drug-likeness (QED) is 0.152. The summed E-state index contributed by atoms with van der Waals surface area (Å²) in [5.41, 5.74) is 10.7. The molecule has 7 nitrogen and oxygen atoms in total. The molecule has 11 rings (SSSR count). The number of hydrogen-bond acceptors (Lipinski definition) is 7. The van der Waals surface area contributed by atoms with Crippen LogP contribution in [0.3, 0.4) is 0 Å². The second-order valence-corrected chi connectivity index (χ2v) is 14.7. The average molecular weight is 783 g/mol. The predicted octanol–water partition coefficient (Wildman–Crippen LogP) is 13.3. The number of aromatic nitrogens is 6. The first-order valence-electron chi connectivity index (χ1n) is 20.1. The maximum Gasteiger partial charge on any atom is 0.164 e. The highest BCUT2D eigenvalue weighted by Crippen LogP contribution is 2.41. The van der Waals surface area contributed by atoms with Crippen LogP contribution in [-0.4, -0.2) is 29.9 Å². The van der Waals surface area contributed by atoms with E-state index in [9.17, 15) is 0 Å². The maximum atomic E-state index is 6.61. The molecule has 286 valence electrons. The number of fused-ring (bicyclic) bond motifs is 3. The fraction of sp³-hybridized carbons (Fsp3) is 0. The molecule has 3 aromatic heterocycles. The van der Waals surface area contributed by atoms with Gasteiger partial charge in [0.05, 0.1) is 0 Å². The third-order valence-corrected chi connectivity index (χ3v) is 10.8. The van der Waals surface area contributed by atoms with Crippen LogP contribution in [-0.2, 0) is 0 Å². The van der Waals surface area contributed by atoms with E-state index in [-0.39, 0.29) is 0 Å². The number of rotatable bonds is 8. The summed E-state index contributed by atoms with van der Waals surface area (Å²) >= 11 is 0. The van der Waals surface area contributed by atoms with Crippen LogP contribution in [0.5, 0.6) is 0 Å². The lowest BCUT2D eigenvalue weighted by Gasteiger charge is -2.15. The van der Waals surface area contributed by atoms with Crippen molar-refractivity contribution in [2.75, 3.05) is 0 Å². The van der Waals surface area contributed by atoms with Crippen LogP contribution >= 0.6 is 0 Å². The van der Waals surface area contributed by atoms with E-state index in [4.69, 9.17) is 34.3 Å². The molecule has 0 unspecified atom stereocenters. The molecule has 0 saturated heterocycles. The zero-order valence-electron chi connectivity index (χ0n) is 32.7. The predicted molar refractivity (Wildman–Crippen MR) is 244 cm³/mol. The Bertz CT molecular complexity index is 3300. The van der Waals surface area contributed by atoms with Gasteiger partial charge in [0.25, 0.3) is 0 Å². The molecule has 0 aliphatic carbocycles. The van der Waals surface area contributed by atoms with Gasteiger partial charge >= 0.3 is 0 Å². The molecule has 3 heterocycles. The van der Waals surface area contributed by atoms with Gasteiger partial charge in [0.1, 0.15) is 11.2 Å². The fourth-order valence-corrected chi connectivity index (χ4v) is 7.81. The van der Waals surface area contributed by atoms with E-state index in [0.717, 1.165) is 77.6 Å². The summed E-state index contributed by atoms with van der Waals surface area (Å²) in [6, 6.07) is 69.4. The summed E-state index contributed by atoms with van der Waals surface area (Å²) in [7, 11) is 0. The van der Waals surface area contributed by atoms with Crippen LogP contribution in [0, 0.1) is 0 Å². The van der Waals surface area contributed by atoms with Crippen LogP contribution < -0.4 is 0 Å². The van der Waals surface area contributed by atoms with Gasteiger partial charge in [-0.2, -0.15) is 0 Å². The van der Waals surface area contributed by atoms with Crippen molar-refractivity contribution in [2.24, 2.45) is 0 Å². The molecule has 11 aromatic rings. The SMILES string of the molecule is c1ccc(-c2cccc(-c3nc(-c4ccccc4)nc(-c4ccc(-c5cccc6c5oc5ccccc56)c(-c5nc(-c6ccccc6)nc(-c6ccccc6)n5)c4)n3)c2)cc1. The lowest BCUT2D eigenvalue weighted by Crippen LogP contribution is -2.03. The van der Waals surface area contributed by atoms with Crippen LogP contribution in [0.1, 0.15) is 0 Å². The van der Waals surface area contributed by atoms with E-state index in [1.807, 2.05) is 140 Å². The smallest absolute Gasteiger partial charge is 0.164 e. The van der Waals surface area contributed by atoms with Crippen LogP contribution in [0.25, 0.3) is 113 Å². The second-order valence-electron chi connectivity index (χ2n) is 14.7. The molecule has 0 N–H and O–H groups in total. The van der Waals surface area contributed by atoms with E-state index in [0.29, 0.717) is 34.9 Å². The van der Waals surface area contributed by atoms with Gasteiger partial charge in [-0.25, -0.2) is 29.9 Å². The van der Waals surface area contributed by atoms with Gasteiger partial charge in [0, 0.05) is 49.7 Å². The van der Waals surface area contributed by atoms with Gasteiger partial charge in [0.2, 0.25) is 0 Å². The minimum absolute atomic E-state index is 0.505. The minimum atomic E-state index is 0.505. The zero-order chi connectivity index (χ0) is 40.5. The van der Waals surface area contributed by atoms with Crippen LogP contribution in [0.4, 0.5) is 0 Å². The molecule has 0 radical (unpaired) electrons. The Morgan fingerprint density at radius 1 is 0.246 bits per heavy atom. The normalized spacial score (nSPS) is 11.3. The fourth-order valence-electron chi connectivity index (χ4n) is 7.81. The van der Waals surface area contributed by atoms with Crippen molar-refractivity contribution in [3.05, 3.63) is 206 Å². The molecular weight excluding hydrogens is 749 g/mol. The van der Waals surface area contributed by atoms with Gasteiger partial charge in [-0.1, -0.05) is 188 Å². The zero-order valence-corrected chi connectivity index (χ0v) is 32.7. The molecule has 0 saturated carbocycles. The number of hydrogen-bond donors (Lipinski definition) is 0. The maximum absolute atomic E-state index is 6.61. The number of nitrogens with zero attached hydrogens (tertiary/aromatic N) is 6. The van der Waals surface area contributed by atoms with Crippen molar-refractivity contribution in [3.8, 4) is 90.6 Å². The van der Waals surface area contributed by atoms with Crippen molar-refractivity contribution >= 4 is 21.9 Å². The molecule has 0 spiro atoms. The largest absolute Gasteiger partial charge is 0.455 e. The molecule has 7 heteroatoms. The summed E-state index contributed by atoms with van der Waals surface area (Å²) in [6.07, 6.45) is 0. The Morgan fingerprint density at radius 2 is 0.672 bits per heavy atom. The minimum Gasteiger partial charge on any atom is -0.455 e. The van der Waals surface area contributed by atoms with E-state index >= 15 is 0 Å². The molecule has 0 aliphatic rings. The Balaban J connectivity index is 1.16. The Labute approximate surface area is 351 Å². The van der Waals surface area contributed by atoms with E-state index in [1.165, 1.54) is 0 Å². The van der Waals surface area contributed by atoms with Crippen LogP contribution in [0.2, 0.25) is 0 Å². The lowest BCUT2D eigenvalue weighted by atomic mass is 9.95. The summed E-state index contributed by atoms with van der Waals surface area (Å²) < 4.78 is 6.61. The summed E-state index contributed by atoms with van der Waals surface area (Å²) in [5, 5.41) is 2.08. The first kappa shape index (κ1) is 35.7. The standard InChI is InChI=1S/C54H34N6O/c1-5-17-35(18-6-1)39-25-15-26-40(33-39)52-56-49(36-19-7-2-8-20-36)57-53(58-52)41-31-32-42(44-28-16-29-45-43-27-13-14-30-47(43)61-48(44)45)46(34-41)54-59-50(37-21-9-3-10-22-37)55-51(60-54)38-23-11-4-12-24-38/h1-34H.